The van der Waals surface area contributed by atoms with Crippen molar-refractivity contribution in [2.75, 3.05) is 30.5 Å². The zero-order chi connectivity index (χ0) is 31.1. The molecule has 3 atom stereocenters. The van der Waals surface area contributed by atoms with Crippen LogP contribution in [0, 0.1) is 0 Å². The zero-order valence-corrected chi connectivity index (χ0v) is 25.9. The van der Waals surface area contributed by atoms with Crippen LogP contribution in [-0.2, 0) is 29.8 Å². The van der Waals surface area contributed by atoms with Gasteiger partial charge >= 0.3 is 5.97 Å². The van der Waals surface area contributed by atoms with E-state index in [-0.39, 0.29) is 26.6 Å². The number of rotatable bonds is 15. The number of nitrogens with two attached hydrogens (primary N) is 2. The van der Waals surface area contributed by atoms with E-state index in [4.69, 9.17) is 27.9 Å². The summed E-state index contributed by atoms with van der Waals surface area (Å²) in [5.74, 6) is -1.63. The van der Waals surface area contributed by atoms with Crippen molar-refractivity contribution >= 4 is 93.3 Å². The number of thiazole rings is 1. The summed E-state index contributed by atoms with van der Waals surface area (Å²) in [5.41, 5.74) is 11.6. The highest BCUT2D eigenvalue weighted by Crippen LogP contribution is 2.46. The van der Waals surface area contributed by atoms with E-state index in [1.54, 1.807) is 18.5 Å². The fourth-order valence-corrected chi connectivity index (χ4v) is 8.37. The lowest BCUT2D eigenvalue weighted by Gasteiger charge is -2.49. The van der Waals surface area contributed by atoms with Crippen molar-refractivity contribution in [3.05, 3.63) is 44.7 Å². The van der Waals surface area contributed by atoms with Crippen LogP contribution in [0.4, 0.5) is 9.52 Å². The number of anilines is 1. The molecule has 4 rings (SSSR count). The lowest BCUT2D eigenvalue weighted by Crippen LogP contribution is -2.71. The molecule has 2 aromatic heterocycles. The van der Waals surface area contributed by atoms with Gasteiger partial charge in [0.2, 0.25) is 6.41 Å². The average molecular weight is 691 g/mol. The van der Waals surface area contributed by atoms with Crippen LogP contribution in [0.25, 0.3) is 0 Å². The number of pyridine rings is 1. The van der Waals surface area contributed by atoms with Gasteiger partial charge in [-0.15, -0.1) is 11.8 Å². The largest absolute Gasteiger partial charge is 0.477 e. The SMILES string of the molecule is Nc1nc(/C(=N/OCCF)C(=O)N[C@@H]2C(=O)N3C(C(=O)O)=C(Sc4ccncc4CSCC(N)NC=O)CS[C@@H]23)c(Cl)s1. The molecule has 2 aliphatic heterocycles. The molecule has 2 aliphatic rings. The van der Waals surface area contributed by atoms with Crippen molar-refractivity contribution in [2.24, 2.45) is 10.9 Å². The molecular weight excluding hydrogens is 667 g/mol. The van der Waals surface area contributed by atoms with Gasteiger partial charge in [0, 0.05) is 39.5 Å². The lowest BCUT2D eigenvalue weighted by molar-refractivity contribution is -0.150. The van der Waals surface area contributed by atoms with Crippen LogP contribution in [0.15, 0.2) is 39.1 Å². The molecule has 1 fully saturated rings. The molecule has 7 N–H and O–H groups in total. The number of fused-ring (bicyclic) bond motifs is 1. The molecule has 0 aromatic carbocycles. The number of aliphatic carboxylic acids is 1. The molecule has 14 nitrogen and oxygen atoms in total. The van der Waals surface area contributed by atoms with Crippen molar-refractivity contribution in [3.8, 4) is 0 Å². The smallest absolute Gasteiger partial charge is 0.353 e. The Morgan fingerprint density at radius 1 is 1.44 bits per heavy atom. The van der Waals surface area contributed by atoms with Crippen LogP contribution >= 0.6 is 58.2 Å². The maximum absolute atomic E-state index is 13.2. The minimum atomic E-state index is -1.30. The van der Waals surface area contributed by atoms with E-state index in [0.29, 0.717) is 22.8 Å². The number of β-lactam (4-membered cyclic amide) rings is 1. The van der Waals surface area contributed by atoms with E-state index in [1.807, 2.05) is 0 Å². The second-order valence-corrected chi connectivity index (χ2v) is 13.5. The number of thioether (sulfide) groups is 3. The van der Waals surface area contributed by atoms with E-state index in [2.05, 4.69) is 25.8 Å². The number of nitrogen functional groups attached to an aromatic ring is 1. The van der Waals surface area contributed by atoms with Crippen LogP contribution in [-0.4, -0.2) is 92.2 Å². The Bertz CT molecular complexity index is 1460. The molecule has 0 radical (unpaired) electrons. The number of hydrogen-bond acceptors (Lipinski definition) is 14. The Kier molecular flexibility index (Phi) is 11.5. The molecule has 43 heavy (non-hydrogen) atoms. The van der Waals surface area contributed by atoms with E-state index in [1.165, 1.54) is 35.3 Å². The molecule has 20 heteroatoms. The summed E-state index contributed by atoms with van der Waals surface area (Å²) >= 11 is 11.0. The van der Waals surface area contributed by atoms with Gasteiger partial charge < -0.3 is 32.0 Å². The maximum atomic E-state index is 13.2. The second-order valence-electron chi connectivity index (χ2n) is 8.57. The van der Waals surface area contributed by atoms with Crippen molar-refractivity contribution in [1.29, 1.82) is 0 Å². The number of carbonyl (C=O) groups excluding carboxylic acids is 3. The Hall–Kier alpha value is -3.10. The van der Waals surface area contributed by atoms with Crippen LogP contribution in [0.2, 0.25) is 4.34 Å². The molecule has 3 amide bonds. The Morgan fingerprint density at radius 2 is 2.23 bits per heavy atom. The van der Waals surface area contributed by atoms with Gasteiger partial charge in [-0.05, 0) is 11.6 Å². The third-order valence-corrected chi connectivity index (χ3v) is 10.6. The molecule has 230 valence electrons. The molecule has 0 aliphatic carbocycles. The van der Waals surface area contributed by atoms with E-state index < -0.39 is 54.4 Å². The standard InChI is InChI=1S/C23H24ClFN8O6S4/c24-18-14(31-23(27)43-18)15(32-39-4-2-25)19(35)30-16-20(36)33-17(22(37)38)12(7-41-21(16)33)42-11-1-3-28-5-10(11)6-40-8-13(26)29-9-34/h1,3,5,9,13,16,21H,2,4,6-8,26H2,(H2,27,31)(H,29,34)(H,30,35)(H,37,38)/b32-15-/t13?,16-,21+/m1/s1. The number of aromatic nitrogens is 2. The summed E-state index contributed by atoms with van der Waals surface area (Å²) in [6.45, 7) is -1.30. The number of nitrogens with one attached hydrogen (secondary N) is 2. The predicted molar refractivity (Wildman–Crippen MR) is 163 cm³/mol. The van der Waals surface area contributed by atoms with Gasteiger partial charge in [-0.1, -0.05) is 39.9 Å². The van der Waals surface area contributed by atoms with E-state index >= 15 is 0 Å². The first-order valence-electron chi connectivity index (χ1n) is 12.2. The highest BCUT2D eigenvalue weighted by atomic mass is 35.5. The number of carbonyl (C=O) groups is 4. The number of hydrogen-bond donors (Lipinski definition) is 5. The van der Waals surface area contributed by atoms with Gasteiger partial charge in [-0.25, -0.2) is 14.2 Å². The number of carboxylic acids is 1. The van der Waals surface area contributed by atoms with E-state index in [0.717, 1.165) is 26.7 Å². The minimum Gasteiger partial charge on any atom is -0.477 e. The molecular formula is C23H24ClFN8O6S4. The van der Waals surface area contributed by atoms with Crippen molar-refractivity contribution in [1.82, 2.24) is 25.5 Å². The molecule has 2 aromatic rings. The van der Waals surface area contributed by atoms with Crippen LogP contribution in [0.5, 0.6) is 0 Å². The quantitative estimate of drug-likeness (QED) is 0.0444. The maximum Gasteiger partial charge on any atom is 0.353 e. The number of nitrogens with zero attached hydrogens (tertiary/aromatic N) is 4. The third-order valence-electron chi connectivity index (χ3n) is 5.72. The number of alkyl halides is 1. The van der Waals surface area contributed by atoms with Crippen molar-refractivity contribution < 1.29 is 33.5 Å². The zero-order valence-electron chi connectivity index (χ0n) is 21.9. The van der Waals surface area contributed by atoms with Gasteiger partial charge in [0.15, 0.2) is 10.8 Å². The van der Waals surface area contributed by atoms with Gasteiger partial charge in [0.05, 0.1) is 6.17 Å². The summed E-state index contributed by atoms with van der Waals surface area (Å²) < 4.78 is 12.6. The van der Waals surface area contributed by atoms with Gasteiger partial charge in [-0.2, -0.15) is 11.8 Å². The number of carboxylic acid groups (broad SMARTS) is 1. The minimum absolute atomic E-state index is 0.0379. The lowest BCUT2D eigenvalue weighted by atomic mass is 10.0. The van der Waals surface area contributed by atoms with Gasteiger partial charge in [-0.3, -0.25) is 24.3 Å². The van der Waals surface area contributed by atoms with Crippen molar-refractivity contribution in [3.63, 3.8) is 0 Å². The van der Waals surface area contributed by atoms with Crippen molar-refractivity contribution in [2.45, 2.75) is 28.2 Å². The monoisotopic (exact) mass is 690 g/mol. The first kappa shape index (κ1) is 32.8. The molecule has 0 saturated carbocycles. The summed E-state index contributed by atoms with van der Waals surface area (Å²) in [4.78, 5) is 64.6. The van der Waals surface area contributed by atoms with Crippen LogP contribution < -0.4 is 22.1 Å². The van der Waals surface area contributed by atoms with Gasteiger partial charge in [0.1, 0.15) is 40.4 Å². The molecule has 1 unspecified atom stereocenters. The Morgan fingerprint density at radius 3 is 2.91 bits per heavy atom. The van der Waals surface area contributed by atoms with Gasteiger partial charge in [0.25, 0.3) is 11.8 Å². The highest BCUT2D eigenvalue weighted by Gasteiger charge is 2.54. The third kappa shape index (κ3) is 7.71. The first-order chi connectivity index (χ1) is 20.7. The first-order valence-corrected chi connectivity index (χ1v) is 16.4. The summed E-state index contributed by atoms with van der Waals surface area (Å²) in [7, 11) is 0. The van der Waals surface area contributed by atoms with Crippen LogP contribution in [0.3, 0.4) is 0 Å². The summed E-state index contributed by atoms with van der Waals surface area (Å²) in [6.07, 6.45) is 3.25. The normalized spacial score (nSPS) is 18.9. The van der Waals surface area contributed by atoms with E-state index in [9.17, 15) is 28.7 Å². The number of halogens is 2. The number of amides is 3. The molecule has 0 spiro atoms. The Labute approximate surface area is 265 Å². The number of oxime groups is 1. The second kappa shape index (κ2) is 15.1. The van der Waals surface area contributed by atoms with Crippen LogP contribution in [0.1, 0.15) is 11.3 Å². The molecule has 1 saturated heterocycles. The average Bonchev–Trinajstić information content (AvgIpc) is 3.31. The highest BCUT2D eigenvalue weighted by molar-refractivity contribution is 8.06. The molecule has 0 bridgehead atoms. The summed E-state index contributed by atoms with van der Waals surface area (Å²) in [6, 6.07) is 0.660. The Balaban J connectivity index is 1.50. The molecule has 4 heterocycles. The predicted octanol–water partition coefficient (Wildman–Crippen LogP) is 1.22. The fourth-order valence-electron chi connectivity index (χ4n) is 3.87. The topological polar surface area (TPSA) is 215 Å². The fraction of sp³-hybridized carbons (Fsp3) is 0.348. The summed E-state index contributed by atoms with van der Waals surface area (Å²) in [5, 5.41) is 18.1.